The van der Waals surface area contributed by atoms with Crippen LogP contribution in [0.5, 0.6) is 0 Å². The number of anilines is 1. The van der Waals surface area contributed by atoms with Crippen LogP contribution >= 0.6 is 23.4 Å². The highest BCUT2D eigenvalue weighted by Gasteiger charge is 2.44. The molecule has 0 radical (unpaired) electrons. The molecule has 1 saturated heterocycles. The molecule has 0 saturated carbocycles. The molecule has 3 nitrogen and oxygen atoms in total. The van der Waals surface area contributed by atoms with Crippen LogP contribution in [-0.2, 0) is 11.8 Å². The van der Waals surface area contributed by atoms with Crippen molar-refractivity contribution < 1.29 is 0 Å². The molecule has 0 atom stereocenters. The van der Waals surface area contributed by atoms with Crippen molar-refractivity contribution >= 4 is 29.1 Å². The lowest BCUT2D eigenvalue weighted by Crippen LogP contribution is -2.43. The van der Waals surface area contributed by atoms with Crippen LogP contribution in [0.2, 0.25) is 5.02 Å². The molecule has 2 aliphatic heterocycles. The molecule has 0 amide bonds. The number of aryl methyl sites for hydroxylation is 1. The van der Waals surface area contributed by atoms with Gasteiger partial charge in [0.15, 0.2) is 0 Å². The van der Waals surface area contributed by atoms with Gasteiger partial charge in [-0.05, 0) is 93.7 Å². The molecule has 4 rings (SSSR count). The van der Waals surface area contributed by atoms with E-state index in [1.54, 1.807) is 0 Å². The molecule has 0 aromatic heterocycles. The number of benzene rings is 2. The van der Waals surface area contributed by atoms with Crippen molar-refractivity contribution in [3.05, 3.63) is 83.2 Å². The summed E-state index contributed by atoms with van der Waals surface area (Å²) < 4.78 is 0. The second kappa shape index (κ2) is 10.6. The van der Waals surface area contributed by atoms with E-state index in [0.29, 0.717) is 0 Å². The van der Waals surface area contributed by atoms with Crippen LogP contribution < -0.4 is 5.32 Å². The zero-order valence-electron chi connectivity index (χ0n) is 20.0. The summed E-state index contributed by atoms with van der Waals surface area (Å²) >= 11 is 8.23. The molecular formula is C28H36ClN3S. The van der Waals surface area contributed by atoms with E-state index in [-0.39, 0.29) is 5.41 Å². The molecule has 5 heteroatoms. The summed E-state index contributed by atoms with van der Waals surface area (Å²) in [5.41, 5.74) is 6.26. The van der Waals surface area contributed by atoms with Crippen LogP contribution in [0.4, 0.5) is 5.69 Å². The Morgan fingerprint density at radius 1 is 1.18 bits per heavy atom. The van der Waals surface area contributed by atoms with Gasteiger partial charge in [0.05, 0.1) is 0 Å². The number of fused-ring (bicyclic) bond motifs is 2. The smallest absolute Gasteiger partial charge is 0.0425 e. The highest BCUT2D eigenvalue weighted by molar-refractivity contribution is 7.99. The second-order valence-electron chi connectivity index (χ2n) is 9.47. The lowest BCUT2D eigenvalue weighted by atomic mass is 9.72. The number of thioether (sulfide) groups is 1. The van der Waals surface area contributed by atoms with E-state index in [1.165, 1.54) is 28.1 Å². The molecule has 1 spiro atoms. The first-order valence-corrected chi connectivity index (χ1v) is 13.3. The van der Waals surface area contributed by atoms with E-state index in [2.05, 4.69) is 78.6 Å². The van der Waals surface area contributed by atoms with Crippen molar-refractivity contribution in [2.45, 2.75) is 42.9 Å². The van der Waals surface area contributed by atoms with Gasteiger partial charge in [0.1, 0.15) is 0 Å². The van der Waals surface area contributed by atoms with Crippen molar-refractivity contribution in [1.29, 1.82) is 0 Å². The number of allylic oxidation sites excluding steroid dienone is 2. The number of hydrogen-bond acceptors (Lipinski definition) is 4. The third-order valence-electron chi connectivity index (χ3n) is 7.28. The van der Waals surface area contributed by atoms with Crippen LogP contribution in [-0.4, -0.2) is 48.8 Å². The largest absolute Gasteiger partial charge is 0.378 e. The van der Waals surface area contributed by atoms with Crippen LogP contribution in [0.1, 0.15) is 37.3 Å². The number of nitrogens with one attached hydrogen (secondary N) is 1. The fraction of sp³-hybridized carbons (Fsp3) is 0.429. The minimum Gasteiger partial charge on any atom is -0.378 e. The average Bonchev–Trinajstić information content (AvgIpc) is 3.06. The SMILES string of the molecule is C=C(C)N(C)CCSc1ccc(CCCN2CCC3(CC2)C(=C)Nc2ccc(Cl)cc23)cc1. The Morgan fingerprint density at radius 2 is 1.91 bits per heavy atom. The van der Waals surface area contributed by atoms with E-state index in [9.17, 15) is 0 Å². The van der Waals surface area contributed by atoms with Gasteiger partial charge in [-0.15, -0.1) is 11.8 Å². The first kappa shape index (κ1) is 24.3. The number of halogens is 1. The minimum atomic E-state index is 0.0450. The van der Waals surface area contributed by atoms with Crippen molar-refractivity contribution in [3.63, 3.8) is 0 Å². The molecule has 0 unspecified atom stereocenters. The topological polar surface area (TPSA) is 18.5 Å². The van der Waals surface area contributed by atoms with Crippen molar-refractivity contribution in [2.75, 3.05) is 44.3 Å². The molecule has 0 aliphatic carbocycles. The van der Waals surface area contributed by atoms with E-state index in [0.717, 1.165) is 67.6 Å². The Morgan fingerprint density at radius 3 is 2.61 bits per heavy atom. The molecule has 1 N–H and O–H groups in total. The fourth-order valence-corrected chi connectivity index (χ4v) is 6.05. The summed E-state index contributed by atoms with van der Waals surface area (Å²) in [6.45, 7) is 14.8. The monoisotopic (exact) mass is 481 g/mol. The van der Waals surface area contributed by atoms with Gasteiger partial charge in [-0.2, -0.15) is 0 Å². The van der Waals surface area contributed by atoms with Crippen molar-refractivity contribution in [1.82, 2.24) is 9.80 Å². The van der Waals surface area contributed by atoms with Gasteiger partial charge in [-0.25, -0.2) is 0 Å². The quantitative estimate of drug-likeness (QED) is 0.396. The van der Waals surface area contributed by atoms with Gasteiger partial charge in [-0.1, -0.05) is 36.9 Å². The van der Waals surface area contributed by atoms with Crippen LogP contribution in [0.15, 0.2) is 71.9 Å². The summed E-state index contributed by atoms with van der Waals surface area (Å²) in [4.78, 5) is 6.17. The third-order valence-corrected chi connectivity index (χ3v) is 8.51. The number of hydrogen-bond donors (Lipinski definition) is 1. The van der Waals surface area contributed by atoms with Gasteiger partial charge in [0, 0.05) is 51.8 Å². The maximum Gasteiger partial charge on any atom is 0.0425 e. The molecule has 2 aliphatic rings. The molecule has 0 bridgehead atoms. The van der Waals surface area contributed by atoms with E-state index in [4.69, 9.17) is 11.6 Å². The van der Waals surface area contributed by atoms with E-state index >= 15 is 0 Å². The van der Waals surface area contributed by atoms with Gasteiger partial charge < -0.3 is 15.1 Å². The molecule has 2 aromatic carbocycles. The Balaban J connectivity index is 1.21. The third kappa shape index (κ3) is 5.62. The Labute approximate surface area is 208 Å². The van der Waals surface area contributed by atoms with E-state index < -0.39 is 0 Å². The number of piperidine rings is 1. The zero-order chi connectivity index (χ0) is 23.4. The summed E-state index contributed by atoms with van der Waals surface area (Å²) in [5.74, 6) is 1.08. The average molecular weight is 482 g/mol. The van der Waals surface area contributed by atoms with Crippen molar-refractivity contribution in [3.8, 4) is 0 Å². The van der Waals surface area contributed by atoms with Crippen LogP contribution in [0.25, 0.3) is 0 Å². The molecule has 176 valence electrons. The Kier molecular flexibility index (Phi) is 7.78. The van der Waals surface area contributed by atoms with Crippen LogP contribution in [0, 0.1) is 0 Å². The minimum absolute atomic E-state index is 0.0450. The van der Waals surface area contributed by atoms with Crippen LogP contribution in [0.3, 0.4) is 0 Å². The first-order chi connectivity index (χ1) is 15.9. The molecule has 2 heterocycles. The standard InChI is InChI=1S/C28H36ClN3S/c1-21(2)31(4)18-19-33-25-10-7-23(8-11-25)6-5-15-32-16-13-28(14-17-32)22(3)30-27-12-9-24(29)20-26(27)28/h7-12,20,30H,1,3,5-6,13-19H2,2,4H3. The maximum absolute atomic E-state index is 6.31. The number of rotatable bonds is 9. The Bertz CT molecular complexity index is 993. The lowest BCUT2D eigenvalue weighted by molar-refractivity contribution is 0.179. The Hall–Kier alpha value is -1.88. The first-order valence-electron chi connectivity index (χ1n) is 11.9. The summed E-state index contributed by atoms with van der Waals surface area (Å²) in [7, 11) is 2.10. The predicted octanol–water partition coefficient (Wildman–Crippen LogP) is 6.80. The fourth-order valence-electron chi connectivity index (χ4n) is 4.95. The summed E-state index contributed by atoms with van der Waals surface area (Å²) in [6.07, 6.45) is 4.56. The van der Waals surface area contributed by atoms with E-state index in [1.807, 2.05) is 17.8 Å². The number of likely N-dealkylation sites (tertiary alicyclic amines) is 1. The highest BCUT2D eigenvalue weighted by atomic mass is 35.5. The zero-order valence-corrected chi connectivity index (χ0v) is 21.6. The predicted molar refractivity (Wildman–Crippen MR) is 144 cm³/mol. The van der Waals surface area contributed by atoms with Gasteiger partial charge in [0.25, 0.3) is 0 Å². The summed E-state index contributed by atoms with van der Waals surface area (Å²) in [6, 6.07) is 15.3. The van der Waals surface area contributed by atoms with Gasteiger partial charge >= 0.3 is 0 Å². The highest BCUT2D eigenvalue weighted by Crippen LogP contribution is 2.50. The lowest BCUT2D eigenvalue weighted by Gasteiger charge is -2.40. The molecule has 2 aromatic rings. The molecular weight excluding hydrogens is 446 g/mol. The van der Waals surface area contributed by atoms with Gasteiger partial charge in [0.2, 0.25) is 0 Å². The van der Waals surface area contributed by atoms with Crippen molar-refractivity contribution in [2.24, 2.45) is 0 Å². The van der Waals surface area contributed by atoms with Gasteiger partial charge in [-0.3, -0.25) is 0 Å². The molecule has 1 fully saturated rings. The number of nitrogens with zero attached hydrogens (tertiary/aromatic N) is 2. The second-order valence-corrected chi connectivity index (χ2v) is 11.1. The molecule has 33 heavy (non-hydrogen) atoms. The normalized spacial score (nSPS) is 17.1. The maximum atomic E-state index is 6.31. The summed E-state index contributed by atoms with van der Waals surface area (Å²) in [5, 5.41) is 4.33.